The van der Waals surface area contributed by atoms with E-state index in [4.69, 9.17) is 5.73 Å². The third kappa shape index (κ3) is 8.86. The van der Waals surface area contributed by atoms with Gasteiger partial charge in [-0.15, -0.1) is 0 Å². The summed E-state index contributed by atoms with van der Waals surface area (Å²) >= 11 is 0. The Morgan fingerprint density at radius 3 is 2.21 bits per heavy atom. The molecule has 4 nitrogen and oxygen atoms in total. The quantitative estimate of drug-likeness (QED) is 0.177. The molecule has 2 unspecified atom stereocenters. The van der Waals surface area contributed by atoms with Crippen molar-refractivity contribution >= 4 is 11.6 Å². The van der Waals surface area contributed by atoms with E-state index in [2.05, 4.69) is 24.0 Å². The van der Waals surface area contributed by atoms with Crippen LogP contribution in [0.3, 0.4) is 0 Å². The molecule has 2 atom stereocenters. The predicted octanol–water partition coefficient (Wildman–Crippen LogP) is 6.00. The topological polar surface area (TPSA) is 75.3 Å². The summed E-state index contributed by atoms with van der Waals surface area (Å²) in [6, 6.07) is 31.1. The molecular weight excluding hydrogens is 702 g/mol. The Bertz CT molecular complexity index is 1380. The Labute approximate surface area is 265 Å². The van der Waals surface area contributed by atoms with Crippen LogP contribution in [-0.2, 0) is 12.8 Å². The largest absolute Gasteiger partial charge is 0.399 e. The summed E-state index contributed by atoms with van der Waals surface area (Å²) in [4.78, 5) is 13.3. The Hall–Kier alpha value is -2.78. The molecule has 0 saturated heterocycles. The number of aryl methyl sites for hydroxylation is 1. The molecule has 1 radical (unpaired) electrons. The van der Waals surface area contributed by atoms with Crippen LogP contribution in [0.1, 0.15) is 33.5 Å². The number of hydrogen-bond acceptors (Lipinski definition) is 3. The number of halogens is 1. The summed E-state index contributed by atoms with van der Waals surface area (Å²) in [5, 5.41) is 13.6. The Kier molecular flexibility index (Phi) is 11.9. The molecule has 1 amide bonds. The van der Waals surface area contributed by atoms with E-state index in [-0.39, 0.29) is 74.4 Å². The molecule has 39 heavy (non-hydrogen) atoms. The van der Waals surface area contributed by atoms with Crippen molar-refractivity contribution in [2.45, 2.75) is 25.3 Å². The number of hydrogen-bond donors (Lipinski definition) is 3. The number of carbonyl (C=O) groups excluding carboxylic acids is 1. The second kappa shape index (κ2) is 15.1. The van der Waals surface area contributed by atoms with Crippen LogP contribution in [0.5, 0.6) is 0 Å². The normalized spacial score (nSPS) is 12.2. The minimum Gasteiger partial charge on any atom is -0.399 e. The van der Waals surface area contributed by atoms with Crippen molar-refractivity contribution in [3.8, 4) is 11.1 Å². The van der Waals surface area contributed by atoms with Gasteiger partial charge in [0, 0.05) is 73.9 Å². The minimum atomic E-state index is -0.304. The molecule has 0 saturated carbocycles. The first-order valence-corrected chi connectivity index (χ1v) is 12.8. The number of rotatable bonds is 11. The van der Waals surface area contributed by atoms with Gasteiger partial charge in [0.15, 0.2) is 0 Å². The zero-order valence-electron chi connectivity index (χ0n) is 21.9. The van der Waals surface area contributed by atoms with Gasteiger partial charge in [-0.2, -0.15) is 0 Å². The Morgan fingerprint density at radius 1 is 0.846 bits per heavy atom. The van der Waals surface area contributed by atoms with Crippen LogP contribution in [0.2, 0.25) is 0 Å². The van der Waals surface area contributed by atoms with Crippen molar-refractivity contribution in [2.75, 3.05) is 6.61 Å². The van der Waals surface area contributed by atoms with E-state index >= 15 is 0 Å². The summed E-state index contributed by atoms with van der Waals surface area (Å²) < 4.78 is 13.6. The van der Waals surface area contributed by atoms with Gasteiger partial charge >= 0.3 is 0 Å². The molecule has 197 valence electrons. The monoisotopic (exact) mass is 735 g/mol. The van der Waals surface area contributed by atoms with Gasteiger partial charge < -0.3 is 16.2 Å². The summed E-state index contributed by atoms with van der Waals surface area (Å²) in [7, 11) is 0. The fraction of sp³-hybridized carbons (Fsp3) is 0.182. The Morgan fingerprint density at radius 2 is 1.54 bits per heavy atom. The molecule has 0 spiro atoms. The van der Waals surface area contributed by atoms with E-state index in [9.17, 15) is 14.3 Å². The molecule has 4 rings (SSSR count). The zero-order chi connectivity index (χ0) is 26.9. The van der Waals surface area contributed by atoms with E-state index in [0.29, 0.717) is 24.1 Å². The van der Waals surface area contributed by atoms with Crippen molar-refractivity contribution in [3.05, 3.63) is 138 Å². The van der Waals surface area contributed by atoms with Crippen molar-refractivity contribution in [2.24, 2.45) is 11.7 Å². The maximum absolute atomic E-state index is 13.6. The average molecular weight is 736 g/mol. The molecule has 0 aliphatic heterocycles. The Balaban J connectivity index is 0.00000420. The molecule has 4 aromatic rings. The minimum absolute atomic E-state index is 0. The zero-order valence-corrected chi connectivity index (χ0v) is 26.6. The summed E-state index contributed by atoms with van der Waals surface area (Å²) in [5.41, 5.74) is 11.5. The smallest absolute Gasteiger partial charge is 0.251 e. The number of amides is 1. The van der Waals surface area contributed by atoms with Gasteiger partial charge in [-0.05, 0) is 77.4 Å². The van der Waals surface area contributed by atoms with Gasteiger partial charge in [-0.1, -0.05) is 79.4 Å². The first-order chi connectivity index (χ1) is 18.4. The second-order valence-corrected chi connectivity index (χ2v) is 9.56. The maximum atomic E-state index is 13.6. The van der Waals surface area contributed by atoms with Crippen LogP contribution < -0.4 is 11.1 Å². The number of aliphatic hydroxyl groups is 1. The van der Waals surface area contributed by atoms with E-state index in [1.807, 2.05) is 60.7 Å². The van der Waals surface area contributed by atoms with Gasteiger partial charge in [0.2, 0.25) is 0 Å². The summed E-state index contributed by atoms with van der Waals surface area (Å²) in [6.07, 6.45) is 2.02. The van der Waals surface area contributed by atoms with Crippen molar-refractivity contribution in [3.63, 3.8) is 0 Å². The van der Waals surface area contributed by atoms with Crippen molar-refractivity contribution in [1.29, 1.82) is 0 Å². The fourth-order valence-corrected chi connectivity index (χ4v) is 4.66. The molecule has 0 bridgehead atoms. The number of benzene rings is 4. The van der Waals surface area contributed by atoms with Gasteiger partial charge in [-0.3, -0.25) is 4.79 Å². The number of nitrogens with one attached hydrogen (secondary N) is 1. The fourth-order valence-electron chi connectivity index (χ4n) is 4.66. The van der Waals surface area contributed by atoms with Gasteiger partial charge in [-0.25, -0.2) is 4.39 Å². The molecule has 4 aromatic carbocycles. The van der Waals surface area contributed by atoms with E-state index in [0.717, 1.165) is 28.7 Å². The van der Waals surface area contributed by atoms with Gasteiger partial charge in [0.1, 0.15) is 5.82 Å². The van der Waals surface area contributed by atoms with Crippen LogP contribution >= 0.6 is 0 Å². The SMILES string of the molecule is C=C(N)c1cccc(CC(CO)C(CCc2ccccc2)NC(=O)c2ccc(-c3cccc(F)c3)cc2)c1.[Ac]. The van der Waals surface area contributed by atoms with Crippen LogP contribution in [0, 0.1) is 55.8 Å². The van der Waals surface area contributed by atoms with Crippen molar-refractivity contribution < 1.29 is 58.4 Å². The number of nitrogens with two attached hydrogens (primary N) is 1. The van der Waals surface area contributed by atoms with E-state index in [1.165, 1.54) is 17.7 Å². The van der Waals surface area contributed by atoms with Gasteiger partial charge in [0.05, 0.1) is 0 Å². The third-order valence-corrected chi connectivity index (χ3v) is 6.81. The summed E-state index contributed by atoms with van der Waals surface area (Å²) in [5.74, 6) is -0.714. The van der Waals surface area contributed by atoms with Crippen LogP contribution in [-0.4, -0.2) is 23.7 Å². The van der Waals surface area contributed by atoms with Crippen LogP contribution in [0.4, 0.5) is 4.39 Å². The van der Waals surface area contributed by atoms with Gasteiger partial charge in [0.25, 0.3) is 5.91 Å². The summed E-state index contributed by atoms with van der Waals surface area (Å²) in [6.45, 7) is 3.74. The molecular formula is C33H33AcFN2O2. The average Bonchev–Trinajstić information content (AvgIpc) is 2.94. The maximum Gasteiger partial charge on any atom is 0.251 e. The third-order valence-electron chi connectivity index (χ3n) is 6.81. The standard InChI is InChI=1S/C33H33FN2O2.Ac/c1-23(35)28-10-5-9-25(19-28)20-30(22-37)32(18-13-24-7-3-2-4-8-24)36-33(38)27-16-14-26(15-17-27)29-11-6-12-31(34)21-29;/h2-12,14-17,19,21,30,32,37H,1,13,18,20,22,35H2,(H,36,38);. The first kappa shape index (κ1) is 30.8. The predicted molar refractivity (Wildman–Crippen MR) is 152 cm³/mol. The van der Waals surface area contributed by atoms with Crippen molar-refractivity contribution in [1.82, 2.24) is 5.32 Å². The molecule has 0 aliphatic rings. The molecule has 0 heterocycles. The second-order valence-electron chi connectivity index (χ2n) is 9.56. The molecule has 4 N–H and O–H groups in total. The van der Waals surface area contributed by atoms with Crippen LogP contribution in [0.15, 0.2) is 110 Å². The van der Waals surface area contributed by atoms with E-state index < -0.39 is 0 Å². The molecule has 0 fully saturated rings. The number of aliphatic hydroxyl groups excluding tert-OH is 1. The molecule has 6 heteroatoms. The number of carbonyl (C=O) groups is 1. The first-order valence-electron chi connectivity index (χ1n) is 12.8. The van der Waals surface area contributed by atoms with Crippen LogP contribution in [0.25, 0.3) is 16.8 Å². The van der Waals surface area contributed by atoms with E-state index in [1.54, 1.807) is 18.2 Å². The molecule has 0 aromatic heterocycles. The molecule has 0 aliphatic carbocycles.